The fraction of sp³-hybridized carbons (Fsp3) is 0.478. The largest absolute Gasteiger partial charge is 0.374 e. The number of rotatable bonds is 5. The van der Waals surface area contributed by atoms with Crippen LogP contribution in [-0.4, -0.2) is 37.7 Å². The van der Waals surface area contributed by atoms with Crippen molar-refractivity contribution in [2.75, 3.05) is 32.8 Å². The minimum absolute atomic E-state index is 0. The van der Waals surface area contributed by atoms with E-state index in [1.807, 2.05) is 0 Å². The molecular formula is C23H32Cl2N2O. The van der Waals surface area contributed by atoms with Crippen molar-refractivity contribution in [2.24, 2.45) is 0 Å². The molecule has 1 heterocycles. The molecule has 2 aliphatic rings. The van der Waals surface area contributed by atoms with E-state index in [-0.39, 0.29) is 30.4 Å². The molecule has 1 aliphatic heterocycles. The Hall–Kier alpha value is -1.10. The minimum atomic E-state index is 0. The minimum Gasteiger partial charge on any atom is -0.374 e. The van der Waals surface area contributed by atoms with E-state index in [2.05, 4.69) is 66.5 Å². The summed E-state index contributed by atoms with van der Waals surface area (Å²) in [6.45, 7) is 10.1. The number of hydrogen-bond donors (Lipinski definition) is 1. The maximum absolute atomic E-state index is 6.37. The molecule has 0 radical (unpaired) electrons. The van der Waals surface area contributed by atoms with Crippen molar-refractivity contribution in [1.82, 2.24) is 10.2 Å². The molecule has 0 saturated carbocycles. The van der Waals surface area contributed by atoms with E-state index < -0.39 is 0 Å². The average molecular weight is 423 g/mol. The van der Waals surface area contributed by atoms with Crippen LogP contribution in [0.1, 0.15) is 34.2 Å². The van der Waals surface area contributed by atoms with E-state index in [0.29, 0.717) is 6.61 Å². The smallest absolute Gasteiger partial charge is 0.0718 e. The van der Waals surface area contributed by atoms with Gasteiger partial charge < -0.3 is 10.1 Å². The lowest BCUT2D eigenvalue weighted by atomic mass is 9.89. The Balaban J connectivity index is 0.00000140. The molecule has 28 heavy (non-hydrogen) atoms. The molecule has 0 aromatic heterocycles. The summed E-state index contributed by atoms with van der Waals surface area (Å²) in [5.74, 6) is 0. The van der Waals surface area contributed by atoms with Gasteiger partial charge in [-0.25, -0.2) is 0 Å². The Morgan fingerprint density at radius 1 is 1.00 bits per heavy atom. The van der Waals surface area contributed by atoms with Gasteiger partial charge in [0.05, 0.1) is 18.8 Å². The molecule has 2 aromatic carbocycles. The number of piperazine rings is 1. The topological polar surface area (TPSA) is 24.5 Å². The zero-order valence-electron chi connectivity index (χ0n) is 16.9. The summed E-state index contributed by atoms with van der Waals surface area (Å²) >= 11 is 0. The second-order valence-corrected chi connectivity index (χ2v) is 7.91. The number of benzene rings is 2. The lowest BCUT2D eigenvalue weighted by Gasteiger charge is -2.44. The quantitative estimate of drug-likeness (QED) is 0.771. The zero-order valence-corrected chi connectivity index (χ0v) is 18.5. The van der Waals surface area contributed by atoms with Crippen LogP contribution in [0.15, 0.2) is 42.5 Å². The van der Waals surface area contributed by atoms with Gasteiger partial charge in [-0.2, -0.15) is 0 Å². The van der Waals surface area contributed by atoms with Crippen molar-refractivity contribution in [3.05, 3.63) is 70.3 Å². The molecule has 0 unspecified atom stereocenters. The number of fused-ring (bicyclic) bond motifs is 1. The SMILES string of the molecule is Cc1cc(C)cc(COC[C@@]2(N3CCNCC3)CCc3ccccc32)c1.Cl.Cl. The molecule has 1 aliphatic carbocycles. The Kier molecular flexibility index (Phi) is 8.35. The van der Waals surface area contributed by atoms with Gasteiger partial charge in [-0.1, -0.05) is 53.6 Å². The van der Waals surface area contributed by atoms with Crippen LogP contribution in [0.5, 0.6) is 0 Å². The van der Waals surface area contributed by atoms with E-state index in [9.17, 15) is 0 Å². The molecule has 0 spiro atoms. The molecular weight excluding hydrogens is 391 g/mol. The Bertz CT molecular complexity index is 757. The highest BCUT2D eigenvalue weighted by Crippen LogP contribution is 2.42. The van der Waals surface area contributed by atoms with Gasteiger partial charge in [0, 0.05) is 26.2 Å². The highest BCUT2D eigenvalue weighted by atomic mass is 35.5. The summed E-state index contributed by atoms with van der Waals surface area (Å²) in [7, 11) is 0. The molecule has 1 fully saturated rings. The van der Waals surface area contributed by atoms with Crippen molar-refractivity contribution >= 4 is 24.8 Å². The molecule has 4 rings (SSSR count). The van der Waals surface area contributed by atoms with Gasteiger partial charge in [0.25, 0.3) is 0 Å². The number of nitrogens with one attached hydrogen (secondary N) is 1. The van der Waals surface area contributed by atoms with Crippen molar-refractivity contribution in [3.8, 4) is 0 Å². The molecule has 5 heteroatoms. The molecule has 0 amide bonds. The molecule has 3 nitrogen and oxygen atoms in total. The van der Waals surface area contributed by atoms with Crippen molar-refractivity contribution in [3.63, 3.8) is 0 Å². The predicted octanol–water partition coefficient (Wildman–Crippen LogP) is 4.41. The normalized spacial score (nSPS) is 21.5. The first-order valence-corrected chi connectivity index (χ1v) is 9.86. The molecule has 154 valence electrons. The first-order valence-electron chi connectivity index (χ1n) is 9.86. The average Bonchev–Trinajstić information content (AvgIpc) is 3.02. The van der Waals surface area contributed by atoms with E-state index in [4.69, 9.17) is 4.74 Å². The van der Waals surface area contributed by atoms with Gasteiger partial charge in [-0.3, -0.25) is 4.90 Å². The molecule has 0 bridgehead atoms. The number of hydrogen-bond acceptors (Lipinski definition) is 3. The van der Waals surface area contributed by atoms with Gasteiger partial charge in [-0.15, -0.1) is 24.8 Å². The van der Waals surface area contributed by atoms with Crippen LogP contribution >= 0.6 is 24.8 Å². The van der Waals surface area contributed by atoms with Crippen LogP contribution in [0.2, 0.25) is 0 Å². The summed E-state index contributed by atoms with van der Waals surface area (Å²) in [4.78, 5) is 2.66. The lowest BCUT2D eigenvalue weighted by Crippen LogP contribution is -2.55. The van der Waals surface area contributed by atoms with Crippen molar-refractivity contribution in [1.29, 1.82) is 0 Å². The number of aryl methyl sites for hydroxylation is 3. The summed E-state index contributed by atoms with van der Waals surface area (Å²) in [5, 5.41) is 3.49. The van der Waals surface area contributed by atoms with E-state index in [1.54, 1.807) is 0 Å². The first-order chi connectivity index (χ1) is 12.7. The van der Waals surface area contributed by atoms with Gasteiger partial charge in [0.15, 0.2) is 0 Å². The van der Waals surface area contributed by atoms with Crippen LogP contribution < -0.4 is 5.32 Å². The van der Waals surface area contributed by atoms with E-state index >= 15 is 0 Å². The highest BCUT2D eigenvalue weighted by molar-refractivity contribution is 5.85. The second kappa shape index (κ2) is 10.1. The third-order valence-electron chi connectivity index (χ3n) is 5.94. The highest BCUT2D eigenvalue weighted by Gasteiger charge is 2.44. The fourth-order valence-electron chi connectivity index (χ4n) is 4.82. The monoisotopic (exact) mass is 422 g/mol. The molecule has 1 saturated heterocycles. The molecule has 1 atom stereocenters. The van der Waals surface area contributed by atoms with Gasteiger partial charge in [0.2, 0.25) is 0 Å². The zero-order chi connectivity index (χ0) is 18.0. The Morgan fingerprint density at radius 3 is 2.39 bits per heavy atom. The predicted molar refractivity (Wildman–Crippen MR) is 121 cm³/mol. The first kappa shape index (κ1) is 23.2. The number of halogens is 2. The molecule has 2 aromatic rings. The van der Waals surface area contributed by atoms with Crippen LogP contribution in [0.3, 0.4) is 0 Å². The Morgan fingerprint density at radius 2 is 1.68 bits per heavy atom. The fourth-order valence-corrected chi connectivity index (χ4v) is 4.82. The van der Waals surface area contributed by atoms with Crippen LogP contribution in [0.4, 0.5) is 0 Å². The Labute approximate surface area is 181 Å². The van der Waals surface area contributed by atoms with Crippen molar-refractivity contribution < 1.29 is 4.74 Å². The van der Waals surface area contributed by atoms with Crippen LogP contribution in [-0.2, 0) is 23.3 Å². The third kappa shape index (κ3) is 4.72. The number of ether oxygens (including phenoxy) is 1. The van der Waals surface area contributed by atoms with Crippen LogP contribution in [0, 0.1) is 13.8 Å². The maximum Gasteiger partial charge on any atom is 0.0718 e. The summed E-state index contributed by atoms with van der Waals surface area (Å²) in [6, 6.07) is 15.7. The van der Waals surface area contributed by atoms with E-state index in [0.717, 1.165) is 39.2 Å². The third-order valence-corrected chi connectivity index (χ3v) is 5.94. The van der Waals surface area contributed by atoms with E-state index in [1.165, 1.54) is 34.2 Å². The summed E-state index contributed by atoms with van der Waals surface area (Å²) in [6.07, 6.45) is 2.33. The summed E-state index contributed by atoms with van der Waals surface area (Å²) in [5.41, 5.74) is 6.93. The van der Waals surface area contributed by atoms with Gasteiger partial charge in [0.1, 0.15) is 0 Å². The number of nitrogens with zero attached hydrogens (tertiary/aromatic N) is 1. The standard InChI is InChI=1S/C23H30N2O.2ClH/c1-18-13-19(2)15-20(14-18)16-26-17-23(25-11-9-24-10-12-25)8-7-21-5-3-4-6-22(21)23;;/h3-6,13-15,24H,7-12,16-17H2,1-2H3;2*1H/t23-;;/m0../s1. The molecule has 1 N–H and O–H groups in total. The second-order valence-electron chi connectivity index (χ2n) is 7.91. The lowest BCUT2D eigenvalue weighted by molar-refractivity contribution is -0.0240. The van der Waals surface area contributed by atoms with Crippen molar-refractivity contribution in [2.45, 2.75) is 38.8 Å². The van der Waals surface area contributed by atoms with Crippen LogP contribution in [0.25, 0.3) is 0 Å². The maximum atomic E-state index is 6.37. The summed E-state index contributed by atoms with van der Waals surface area (Å²) < 4.78 is 6.37. The van der Waals surface area contributed by atoms with Gasteiger partial charge >= 0.3 is 0 Å². The van der Waals surface area contributed by atoms with Gasteiger partial charge in [-0.05, 0) is 43.4 Å².